The third-order valence-corrected chi connectivity index (χ3v) is 3.07. The highest BCUT2D eigenvalue weighted by atomic mass is 32.2. The van der Waals surface area contributed by atoms with Crippen molar-refractivity contribution in [2.24, 2.45) is 5.92 Å². The highest BCUT2D eigenvalue weighted by molar-refractivity contribution is 7.98. The molecule has 0 saturated heterocycles. The zero-order chi connectivity index (χ0) is 7.52. The summed E-state index contributed by atoms with van der Waals surface area (Å²) >= 11 is 1.99. The highest BCUT2D eigenvalue weighted by Gasteiger charge is 2.20. The third kappa shape index (κ3) is 2.29. The van der Waals surface area contributed by atoms with Crippen molar-refractivity contribution in [2.75, 3.05) is 5.75 Å². The summed E-state index contributed by atoms with van der Waals surface area (Å²) in [5.74, 6) is 4.50. The predicted molar refractivity (Wildman–Crippen MR) is 47.6 cm³/mol. The molecule has 1 aliphatic rings. The van der Waals surface area contributed by atoms with Crippen molar-refractivity contribution in [1.29, 1.82) is 0 Å². The van der Waals surface area contributed by atoms with Gasteiger partial charge in [-0.2, -0.15) is 11.8 Å². The lowest BCUT2D eigenvalue weighted by atomic mass is 10.5. The average molecular weight is 168 g/mol. The summed E-state index contributed by atoms with van der Waals surface area (Å²) in [7, 11) is 0. The van der Waals surface area contributed by atoms with E-state index in [1.807, 2.05) is 23.9 Å². The van der Waals surface area contributed by atoms with E-state index < -0.39 is 0 Å². The van der Waals surface area contributed by atoms with Crippen LogP contribution in [0.25, 0.3) is 0 Å². The molecule has 1 aliphatic carbocycles. The summed E-state index contributed by atoms with van der Waals surface area (Å²) in [5, 5.41) is 0. The minimum Gasteiger partial charge on any atom is -0.468 e. The number of hydrogen-bond acceptors (Lipinski definition) is 2. The zero-order valence-electron chi connectivity index (χ0n) is 6.45. The molecule has 1 fully saturated rings. The lowest BCUT2D eigenvalue weighted by Gasteiger charge is -1.95. The Morgan fingerprint density at radius 1 is 1.55 bits per heavy atom. The van der Waals surface area contributed by atoms with E-state index in [1.165, 1.54) is 18.6 Å². The molecule has 0 spiro atoms. The van der Waals surface area contributed by atoms with Crippen LogP contribution in [0.1, 0.15) is 18.6 Å². The first-order chi connectivity index (χ1) is 5.45. The van der Waals surface area contributed by atoms with Gasteiger partial charge in [-0.05, 0) is 36.6 Å². The molecular weight excluding hydrogens is 156 g/mol. The van der Waals surface area contributed by atoms with Crippen molar-refractivity contribution < 1.29 is 4.42 Å². The molecule has 2 heteroatoms. The van der Waals surface area contributed by atoms with Gasteiger partial charge in [-0.25, -0.2) is 0 Å². The molecule has 1 saturated carbocycles. The van der Waals surface area contributed by atoms with Gasteiger partial charge in [-0.3, -0.25) is 0 Å². The second kappa shape index (κ2) is 3.35. The smallest absolute Gasteiger partial charge is 0.113 e. The first-order valence-electron chi connectivity index (χ1n) is 4.05. The number of rotatable bonds is 4. The first kappa shape index (κ1) is 7.29. The molecule has 0 atom stereocenters. The molecule has 0 N–H and O–H groups in total. The molecule has 11 heavy (non-hydrogen) atoms. The van der Waals surface area contributed by atoms with Gasteiger partial charge in [-0.15, -0.1) is 0 Å². The fourth-order valence-corrected chi connectivity index (χ4v) is 2.16. The molecule has 0 aromatic carbocycles. The summed E-state index contributed by atoms with van der Waals surface area (Å²) in [6.45, 7) is 0. The van der Waals surface area contributed by atoms with Crippen LogP contribution < -0.4 is 0 Å². The van der Waals surface area contributed by atoms with Gasteiger partial charge in [0.25, 0.3) is 0 Å². The van der Waals surface area contributed by atoms with Crippen LogP contribution >= 0.6 is 11.8 Å². The fraction of sp³-hybridized carbons (Fsp3) is 0.556. The van der Waals surface area contributed by atoms with Crippen molar-refractivity contribution in [3.8, 4) is 0 Å². The number of hydrogen-bond donors (Lipinski definition) is 0. The first-order valence-corrected chi connectivity index (χ1v) is 5.21. The lowest BCUT2D eigenvalue weighted by molar-refractivity contribution is 0.530. The van der Waals surface area contributed by atoms with E-state index in [0.717, 1.165) is 17.4 Å². The van der Waals surface area contributed by atoms with Crippen molar-refractivity contribution >= 4 is 11.8 Å². The van der Waals surface area contributed by atoms with Crippen molar-refractivity contribution in [1.82, 2.24) is 0 Å². The van der Waals surface area contributed by atoms with E-state index in [4.69, 9.17) is 4.42 Å². The topological polar surface area (TPSA) is 13.1 Å². The van der Waals surface area contributed by atoms with Crippen LogP contribution in [0, 0.1) is 5.92 Å². The molecule has 0 unspecified atom stereocenters. The minimum absolute atomic E-state index is 1.02. The average Bonchev–Trinajstić information content (AvgIpc) is 2.66. The minimum atomic E-state index is 1.02. The van der Waals surface area contributed by atoms with Gasteiger partial charge in [0.15, 0.2) is 0 Å². The molecule has 1 heterocycles. The van der Waals surface area contributed by atoms with Gasteiger partial charge in [-0.1, -0.05) is 0 Å². The second-order valence-corrected chi connectivity index (χ2v) is 4.07. The number of thioether (sulfide) groups is 1. The maximum absolute atomic E-state index is 5.21. The van der Waals surface area contributed by atoms with Crippen LogP contribution in [0.15, 0.2) is 22.8 Å². The van der Waals surface area contributed by atoms with Crippen LogP contribution in [0.4, 0.5) is 0 Å². The Hall–Kier alpha value is -0.370. The Morgan fingerprint density at radius 2 is 2.45 bits per heavy atom. The van der Waals surface area contributed by atoms with Gasteiger partial charge < -0.3 is 4.42 Å². The van der Waals surface area contributed by atoms with Crippen molar-refractivity contribution in [2.45, 2.75) is 18.6 Å². The largest absolute Gasteiger partial charge is 0.468 e. The van der Waals surface area contributed by atoms with Crippen LogP contribution in [-0.2, 0) is 5.75 Å². The molecular formula is C9H12OS. The monoisotopic (exact) mass is 168 g/mol. The van der Waals surface area contributed by atoms with Crippen LogP contribution in [0.5, 0.6) is 0 Å². The highest BCUT2D eigenvalue weighted by Crippen LogP contribution is 2.33. The van der Waals surface area contributed by atoms with Crippen LogP contribution in [0.3, 0.4) is 0 Å². The van der Waals surface area contributed by atoms with Crippen LogP contribution in [-0.4, -0.2) is 5.75 Å². The predicted octanol–water partition coefficient (Wildman–Crippen LogP) is 2.92. The Balaban J connectivity index is 1.66. The maximum Gasteiger partial charge on any atom is 0.113 e. The lowest BCUT2D eigenvalue weighted by Crippen LogP contribution is -1.81. The fourth-order valence-electron chi connectivity index (χ4n) is 1.01. The SMILES string of the molecule is c1coc(CSCC2CC2)c1. The molecule has 0 radical (unpaired) electrons. The van der Waals surface area contributed by atoms with E-state index in [2.05, 4.69) is 0 Å². The molecule has 1 nitrogen and oxygen atoms in total. The third-order valence-electron chi connectivity index (χ3n) is 1.87. The maximum atomic E-state index is 5.21. The normalized spacial score (nSPS) is 17.1. The Morgan fingerprint density at radius 3 is 3.09 bits per heavy atom. The summed E-state index contributed by atoms with van der Waals surface area (Å²) in [6.07, 6.45) is 4.64. The molecule has 1 aromatic rings. The second-order valence-electron chi connectivity index (χ2n) is 3.04. The van der Waals surface area contributed by atoms with E-state index >= 15 is 0 Å². The van der Waals surface area contributed by atoms with Gasteiger partial charge in [0.2, 0.25) is 0 Å². The molecule has 60 valence electrons. The summed E-state index contributed by atoms with van der Waals surface area (Å²) in [5.41, 5.74) is 0. The van der Waals surface area contributed by atoms with E-state index in [1.54, 1.807) is 6.26 Å². The van der Waals surface area contributed by atoms with E-state index in [0.29, 0.717) is 0 Å². The molecule has 1 aromatic heterocycles. The molecule has 0 aliphatic heterocycles. The Kier molecular flexibility index (Phi) is 2.22. The molecule has 0 bridgehead atoms. The van der Waals surface area contributed by atoms with Gasteiger partial charge >= 0.3 is 0 Å². The van der Waals surface area contributed by atoms with E-state index in [-0.39, 0.29) is 0 Å². The molecule has 2 rings (SSSR count). The van der Waals surface area contributed by atoms with Gasteiger partial charge in [0.05, 0.1) is 12.0 Å². The van der Waals surface area contributed by atoms with Crippen LogP contribution in [0.2, 0.25) is 0 Å². The standard InChI is InChI=1S/C9H12OS/c1-2-9(10-5-1)7-11-6-8-3-4-8/h1-2,5,8H,3-4,6-7H2. The Bertz CT molecular complexity index is 201. The van der Waals surface area contributed by atoms with Crippen molar-refractivity contribution in [3.63, 3.8) is 0 Å². The number of furan rings is 1. The van der Waals surface area contributed by atoms with E-state index in [9.17, 15) is 0 Å². The quantitative estimate of drug-likeness (QED) is 0.685. The molecule has 0 amide bonds. The van der Waals surface area contributed by atoms with Gasteiger partial charge in [0, 0.05) is 0 Å². The van der Waals surface area contributed by atoms with Crippen molar-refractivity contribution in [3.05, 3.63) is 24.2 Å². The summed E-state index contributed by atoms with van der Waals surface area (Å²) in [6, 6.07) is 3.99. The van der Waals surface area contributed by atoms with Gasteiger partial charge in [0.1, 0.15) is 5.76 Å². The Labute approximate surface area is 71.2 Å². The zero-order valence-corrected chi connectivity index (χ0v) is 7.27. The summed E-state index contributed by atoms with van der Waals surface area (Å²) < 4.78 is 5.21. The summed E-state index contributed by atoms with van der Waals surface area (Å²) in [4.78, 5) is 0.